The summed E-state index contributed by atoms with van der Waals surface area (Å²) in [5.41, 5.74) is 1.69. The van der Waals surface area contributed by atoms with Gasteiger partial charge in [-0.25, -0.2) is 0 Å². The summed E-state index contributed by atoms with van der Waals surface area (Å²) in [6.45, 7) is 9.16. The van der Waals surface area contributed by atoms with Crippen molar-refractivity contribution in [1.82, 2.24) is 15.1 Å². The number of hydrogen-bond donors (Lipinski definition) is 1. The van der Waals surface area contributed by atoms with Gasteiger partial charge in [0, 0.05) is 31.2 Å². The second-order valence-electron chi connectivity index (χ2n) is 6.85. The van der Waals surface area contributed by atoms with E-state index in [2.05, 4.69) is 73.4 Å². The van der Waals surface area contributed by atoms with Crippen LogP contribution in [0, 0.1) is 0 Å². The molecule has 0 bridgehead atoms. The highest BCUT2D eigenvalue weighted by molar-refractivity contribution is 5.20. The Bertz CT molecular complexity index is 418. The van der Waals surface area contributed by atoms with Gasteiger partial charge in [-0.3, -0.25) is 4.90 Å². The van der Waals surface area contributed by atoms with Gasteiger partial charge in [0.15, 0.2) is 0 Å². The van der Waals surface area contributed by atoms with Gasteiger partial charge >= 0.3 is 0 Å². The Morgan fingerprint density at radius 3 is 2.62 bits per heavy atom. The maximum atomic E-state index is 3.77. The normalized spacial score (nSPS) is 27.2. The van der Waals surface area contributed by atoms with Crippen LogP contribution in [0.15, 0.2) is 30.3 Å². The van der Waals surface area contributed by atoms with E-state index in [1.807, 2.05) is 0 Å². The van der Waals surface area contributed by atoms with Crippen molar-refractivity contribution in [2.75, 3.05) is 40.3 Å². The highest BCUT2D eigenvalue weighted by atomic mass is 15.3. The Hall–Kier alpha value is -0.900. The van der Waals surface area contributed by atoms with Gasteiger partial charge in [0.1, 0.15) is 0 Å². The Morgan fingerprint density at radius 2 is 2.00 bits per heavy atom. The van der Waals surface area contributed by atoms with Crippen LogP contribution < -0.4 is 5.32 Å². The number of nitrogens with zero attached hydrogens (tertiary/aromatic N) is 2. The van der Waals surface area contributed by atoms with E-state index >= 15 is 0 Å². The summed E-state index contributed by atoms with van der Waals surface area (Å²) in [6.07, 6.45) is 2.41. The fraction of sp³-hybridized carbons (Fsp3) is 0.667. The van der Waals surface area contributed by atoms with Crippen LogP contribution >= 0.6 is 0 Å². The van der Waals surface area contributed by atoms with Crippen molar-refractivity contribution in [3.63, 3.8) is 0 Å². The van der Waals surface area contributed by atoms with Gasteiger partial charge in [0.05, 0.1) is 0 Å². The van der Waals surface area contributed by atoms with Crippen LogP contribution in [0.3, 0.4) is 0 Å². The molecule has 1 aliphatic rings. The first-order chi connectivity index (χ1) is 10.0. The van der Waals surface area contributed by atoms with Crippen LogP contribution in [0.4, 0.5) is 0 Å². The maximum Gasteiger partial charge on any atom is 0.0473 e. The zero-order chi connectivity index (χ0) is 15.3. The monoisotopic (exact) mass is 289 g/mol. The molecule has 0 amide bonds. The average molecular weight is 289 g/mol. The highest BCUT2D eigenvalue weighted by Gasteiger charge is 2.34. The van der Waals surface area contributed by atoms with E-state index in [1.165, 1.54) is 24.9 Å². The summed E-state index contributed by atoms with van der Waals surface area (Å²) >= 11 is 0. The fourth-order valence-corrected chi connectivity index (χ4v) is 3.15. The summed E-state index contributed by atoms with van der Waals surface area (Å²) in [6, 6.07) is 11.4. The Morgan fingerprint density at radius 1 is 1.29 bits per heavy atom. The highest BCUT2D eigenvalue weighted by Crippen LogP contribution is 2.28. The molecule has 21 heavy (non-hydrogen) atoms. The smallest absolute Gasteiger partial charge is 0.0473 e. The first-order valence-electron chi connectivity index (χ1n) is 8.23. The number of rotatable bonds is 6. The summed E-state index contributed by atoms with van der Waals surface area (Å²) in [7, 11) is 4.31. The predicted molar refractivity (Wildman–Crippen MR) is 90.6 cm³/mol. The molecule has 0 radical (unpaired) electrons. The zero-order valence-electron chi connectivity index (χ0n) is 14.1. The zero-order valence-corrected chi connectivity index (χ0v) is 14.1. The van der Waals surface area contributed by atoms with Crippen LogP contribution in [-0.4, -0.2) is 55.6 Å². The molecule has 3 nitrogen and oxygen atoms in total. The van der Waals surface area contributed by atoms with E-state index in [9.17, 15) is 0 Å². The maximum absolute atomic E-state index is 3.77. The van der Waals surface area contributed by atoms with Crippen molar-refractivity contribution in [1.29, 1.82) is 0 Å². The van der Waals surface area contributed by atoms with E-state index in [4.69, 9.17) is 0 Å². The summed E-state index contributed by atoms with van der Waals surface area (Å²) < 4.78 is 0. The van der Waals surface area contributed by atoms with E-state index in [0.29, 0.717) is 6.04 Å². The van der Waals surface area contributed by atoms with Gasteiger partial charge in [0.2, 0.25) is 0 Å². The molecule has 2 atom stereocenters. The molecule has 3 heteroatoms. The topological polar surface area (TPSA) is 18.5 Å². The number of hydrogen-bond acceptors (Lipinski definition) is 3. The molecular formula is C18H31N3. The van der Waals surface area contributed by atoms with Crippen molar-refractivity contribution in [2.24, 2.45) is 0 Å². The third-order valence-corrected chi connectivity index (χ3v) is 4.73. The molecular weight excluding hydrogens is 258 g/mol. The Kier molecular flexibility index (Phi) is 5.80. The third kappa shape index (κ3) is 4.53. The number of piperazine rings is 1. The van der Waals surface area contributed by atoms with Gasteiger partial charge in [-0.05, 0) is 46.0 Å². The van der Waals surface area contributed by atoms with Crippen molar-refractivity contribution in [3.8, 4) is 0 Å². The Labute approximate surface area is 130 Å². The van der Waals surface area contributed by atoms with Gasteiger partial charge in [-0.2, -0.15) is 0 Å². The van der Waals surface area contributed by atoms with Gasteiger partial charge in [-0.15, -0.1) is 0 Å². The van der Waals surface area contributed by atoms with Gasteiger partial charge < -0.3 is 10.2 Å². The van der Waals surface area contributed by atoms with E-state index in [1.54, 1.807) is 0 Å². The molecule has 1 N–H and O–H groups in total. The standard InChI is InChI=1S/C18H31N3/c1-5-18(2)15-21(13-9-12-20(3)4)17(14-19-18)16-10-7-6-8-11-16/h6-8,10-11,17,19H,5,9,12-15H2,1-4H3. The number of nitrogens with one attached hydrogen (secondary N) is 1. The van der Waals surface area contributed by atoms with Gasteiger partial charge in [0.25, 0.3) is 0 Å². The van der Waals surface area contributed by atoms with E-state index in [0.717, 1.165) is 19.6 Å². The van der Waals surface area contributed by atoms with Crippen LogP contribution in [0.2, 0.25) is 0 Å². The quantitative estimate of drug-likeness (QED) is 0.869. The van der Waals surface area contributed by atoms with Crippen LogP contribution in [0.5, 0.6) is 0 Å². The molecule has 1 aliphatic heterocycles. The average Bonchev–Trinajstić information content (AvgIpc) is 2.48. The molecule has 0 aromatic heterocycles. The van der Waals surface area contributed by atoms with E-state index in [-0.39, 0.29) is 5.54 Å². The third-order valence-electron chi connectivity index (χ3n) is 4.73. The van der Waals surface area contributed by atoms with Crippen molar-refractivity contribution >= 4 is 0 Å². The molecule has 2 rings (SSSR count). The largest absolute Gasteiger partial charge is 0.309 e. The minimum absolute atomic E-state index is 0.253. The molecule has 1 fully saturated rings. The molecule has 1 heterocycles. The first kappa shape index (κ1) is 16.5. The molecule has 0 spiro atoms. The SMILES string of the molecule is CCC1(C)CN(CCCN(C)C)C(c2ccccc2)CN1. The van der Waals surface area contributed by atoms with Crippen molar-refractivity contribution < 1.29 is 0 Å². The Balaban J connectivity index is 2.07. The lowest BCUT2D eigenvalue weighted by Crippen LogP contribution is -2.59. The molecule has 0 saturated carbocycles. The van der Waals surface area contributed by atoms with Crippen LogP contribution in [-0.2, 0) is 0 Å². The summed E-state index contributed by atoms with van der Waals surface area (Å²) in [4.78, 5) is 4.96. The predicted octanol–water partition coefficient (Wildman–Crippen LogP) is 2.75. The summed E-state index contributed by atoms with van der Waals surface area (Å²) in [5.74, 6) is 0. The minimum atomic E-state index is 0.253. The van der Waals surface area contributed by atoms with Gasteiger partial charge in [-0.1, -0.05) is 37.3 Å². The molecule has 118 valence electrons. The summed E-state index contributed by atoms with van der Waals surface area (Å²) in [5, 5.41) is 3.77. The first-order valence-corrected chi connectivity index (χ1v) is 8.23. The molecule has 1 saturated heterocycles. The molecule has 2 unspecified atom stereocenters. The second kappa shape index (κ2) is 7.39. The molecule has 0 aliphatic carbocycles. The molecule has 1 aromatic carbocycles. The second-order valence-corrected chi connectivity index (χ2v) is 6.85. The minimum Gasteiger partial charge on any atom is -0.309 e. The van der Waals surface area contributed by atoms with Crippen molar-refractivity contribution in [2.45, 2.75) is 38.3 Å². The van der Waals surface area contributed by atoms with E-state index < -0.39 is 0 Å². The lowest BCUT2D eigenvalue weighted by molar-refractivity contribution is 0.0810. The molecule has 1 aromatic rings. The van der Waals surface area contributed by atoms with Crippen LogP contribution in [0.1, 0.15) is 38.3 Å². The number of benzene rings is 1. The lowest BCUT2D eigenvalue weighted by Gasteiger charge is -2.46. The lowest BCUT2D eigenvalue weighted by atomic mass is 9.91. The van der Waals surface area contributed by atoms with Crippen LogP contribution in [0.25, 0.3) is 0 Å². The fourth-order valence-electron chi connectivity index (χ4n) is 3.15. The van der Waals surface area contributed by atoms with Crippen molar-refractivity contribution in [3.05, 3.63) is 35.9 Å².